The second kappa shape index (κ2) is 8.84. The van der Waals surface area contributed by atoms with E-state index in [1.165, 1.54) is 12.1 Å². The maximum absolute atomic E-state index is 13.1. The SMILES string of the molecule is CC(C)CCNC(=O)c1ccnc(N2CCN(c3ccc(F)cc3)CC2)c1. The minimum Gasteiger partial charge on any atom is -0.368 e. The molecule has 1 amide bonds. The van der Waals surface area contributed by atoms with Crippen LogP contribution in [0.2, 0.25) is 0 Å². The lowest BCUT2D eigenvalue weighted by atomic mass is 10.1. The van der Waals surface area contributed by atoms with E-state index < -0.39 is 0 Å². The smallest absolute Gasteiger partial charge is 0.251 e. The van der Waals surface area contributed by atoms with Crippen LogP contribution >= 0.6 is 0 Å². The molecule has 6 heteroatoms. The molecule has 5 nitrogen and oxygen atoms in total. The maximum atomic E-state index is 13.1. The quantitative estimate of drug-likeness (QED) is 0.847. The first kappa shape index (κ1) is 19.1. The lowest BCUT2D eigenvalue weighted by Gasteiger charge is -2.36. The fourth-order valence-electron chi connectivity index (χ4n) is 3.15. The number of piperazine rings is 1. The molecule has 1 aromatic carbocycles. The van der Waals surface area contributed by atoms with E-state index in [4.69, 9.17) is 0 Å². The number of amides is 1. The van der Waals surface area contributed by atoms with Crippen molar-refractivity contribution in [3.05, 3.63) is 54.0 Å². The molecule has 0 unspecified atom stereocenters. The highest BCUT2D eigenvalue weighted by Gasteiger charge is 2.19. The van der Waals surface area contributed by atoms with Crippen molar-refractivity contribution in [1.29, 1.82) is 0 Å². The van der Waals surface area contributed by atoms with Crippen LogP contribution in [0.1, 0.15) is 30.6 Å². The van der Waals surface area contributed by atoms with Crippen molar-refractivity contribution < 1.29 is 9.18 Å². The summed E-state index contributed by atoms with van der Waals surface area (Å²) in [4.78, 5) is 21.2. The third-order valence-corrected chi connectivity index (χ3v) is 4.81. The number of benzene rings is 1. The number of hydrogen-bond donors (Lipinski definition) is 1. The van der Waals surface area contributed by atoms with Gasteiger partial charge in [0.1, 0.15) is 11.6 Å². The summed E-state index contributed by atoms with van der Waals surface area (Å²) in [5.74, 6) is 1.12. The Hall–Kier alpha value is -2.63. The molecule has 1 saturated heterocycles. The first-order valence-electron chi connectivity index (χ1n) is 9.52. The number of hydrogen-bond acceptors (Lipinski definition) is 4. The van der Waals surface area contributed by atoms with Crippen LogP contribution in [-0.4, -0.2) is 43.6 Å². The predicted molar refractivity (Wildman–Crippen MR) is 107 cm³/mol. The molecule has 1 aromatic heterocycles. The van der Waals surface area contributed by atoms with Gasteiger partial charge in [-0.1, -0.05) is 13.8 Å². The predicted octanol–water partition coefficient (Wildman–Crippen LogP) is 3.32. The summed E-state index contributed by atoms with van der Waals surface area (Å²) >= 11 is 0. The Bertz CT molecular complexity index is 755. The van der Waals surface area contributed by atoms with E-state index in [0.717, 1.165) is 44.1 Å². The van der Waals surface area contributed by atoms with E-state index in [1.54, 1.807) is 12.3 Å². The van der Waals surface area contributed by atoms with Crippen molar-refractivity contribution in [3.63, 3.8) is 0 Å². The highest BCUT2D eigenvalue weighted by atomic mass is 19.1. The van der Waals surface area contributed by atoms with Gasteiger partial charge in [-0.2, -0.15) is 0 Å². The van der Waals surface area contributed by atoms with Gasteiger partial charge in [-0.05, 0) is 48.7 Å². The molecule has 0 aliphatic carbocycles. The Balaban J connectivity index is 1.58. The summed E-state index contributed by atoms with van der Waals surface area (Å²) in [6, 6.07) is 10.2. The van der Waals surface area contributed by atoms with E-state index >= 15 is 0 Å². The van der Waals surface area contributed by atoms with E-state index in [2.05, 4.69) is 33.9 Å². The monoisotopic (exact) mass is 370 g/mol. The zero-order chi connectivity index (χ0) is 19.2. The Labute approximate surface area is 160 Å². The summed E-state index contributed by atoms with van der Waals surface area (Å²) in [6.45, 7) is 8.25. The molecule has 144 valence electrons. The van der Waals surface area contributed by atoms with Gasteiger partial charge < -0.3 is 15.1 Å². The third kappa shape index (κ3) is 5.18. The van der Waals surface area contributed by atoms with Gasteiger partial charge in [0.25, 0.3) is 5.91 Å². The molecule has 2 aromatic rings. The van der Waals surface area contributed by atoms with Gasteiger partial charge >= 0.3 is 0 Å². The number of carbonyl (C=O) groups is 1. The molecule has 1 aliphatic heterocycles. The second-order valence-electron chi connectivity index (χ2n) is 7.29. The van der Waals surface area contributed by atoms with E-state index in [9.17, 15) is 9.18 Å². The number of nitrogens with one attached hydrogen (secondary N) is 1. The van der Waals surface area contributed by atoms with Crippen LogP contribution in [0.25, 0.3) is 0 Å². The fourth-order valence-corrected chi connectivity index (χ4v) is 3.15. The molecular weight excluding hydrogens is 343 g/mol. The number of nitrogens with zero attached hydrogens (tertiary/aromatic N) is 3. The van der Waals surface area contributed by atoms with Gasteiger partial charge in [0.2, 0.25) is 0 Å². The first-order valence-corrected chi connectivity index (χ1v) is 9.52. The van der Waals surface area contributed by atoms with Crippen LogP contribution < -0.4 is 15.1 Å². The second-order valence-corrected chi connectivity index (χ2v) is 7.29. The van der Waals surface area contributed by atoms with E-state index in [1.807, 2.05) is 18.2 Å². The molecular formula is C21H27FN4O. The standard InChI is InChI=1S/C21H27FN4O/c1-16(2)7-9-24-21(27)17-8-10-23-20(15-17)26-13-11-25(12-14-26)19-5-3-18(22)4-6-19/h3-6,8,10,15-16H,7,9,11-14H2,1-2H3,(H,24,27). The van der Waals surface area contributed by atoms with Crippen LogP contribution in [0, 0.1) is 11.7 Å². The summed E-state index contributed by atoms with van der Waals surface area (Å²) in [5.41, 5.74) is 1.67. The molecule has 2 heterocycles. The molecule has 0 atom stereocenters. The number of rotatable bonds is 6. The van der Waals surface area contributed by atoms with Gasteiger partial charge in [-0.25, -0.2) is 9.37 Å². The summed E-state index contributed by atoms with van der Waals surface area (Å²) in [6.07, 6.45) is 2.66. The number of anilines is 2. The molecule has 3 rings (SSSR count). The van der Waals surface area contributed by atoms with Crippen molar-refractivity contribution in [2.75, 3.05) is 42.5 Å². The minimum absolute atomic E-state index is 0.0516. The van der Waals surface area contributed by atoms with Crippen molar-refractivity contribution in [3.8, 4) is 0 Å². The normalized spacial score (nSPS) is 14.5. The first-order chi connectivity index (χ1) is 13.0. The lowest BCUT2D eigenvalue weighted by molar-refractivity contribution is 0.0952. The molecule has 0 spiro atoms. The van der Waals surface area contributed by atoms with Crippen LogP contribution in [0.5, 0.6) is 0 Å². The Morgan fingerprint density at radius 1 is 1.11 bits per heavy atom. The Morgan fingerprint density at radius 2 is 1.78 bits per heavy atom. The summed E-state index contributed by atoms with van der Waals surface area (Å²) in [7, 11) is 0. The van der Waals surface area contributed by atoms with Crippen molar-refractivity contribution in [1.82, 2.24) is 10.3 Å². The highest BCUT2D eigenvalue weighted by Crippen LogP contribution is 2.20. The molecule has 1 aliphatic rings. The summed E-state index contributed by atoms with van der Waals surface area (Å²) in [5, 5.41) is 2.97. The third-order valence-electron chi connectivity index (χ3n) is 4.81. The van der Waals surface area contributed by atoms with Crippen LogP contribution in [-0.2, 0) is 0 Å². The number of pyridine rings is 1. The molecule has 1 fully saturated rings. The summed E-state index contributed by atoms with van der Waals surface area (Å²) < 4.78 is 13.1. The lowest BCUT2D eigenvalue weighted by Crippen LogP contribution is -2.46. The molecule has 27 heavy (non-hydrogen) atoms. The fraction of sp³-hybridized carbons (Fsp3) is 0.429. The van der Waals surface area contributed by atoms with Crippen LogP contribution in [0.4, 0.5) is 15.9 Å². The minimum atomic E-state index is -0.218. The molecule has 0 saturated carbocycles. The van der Waals surface area contributed by atoms with Gasteiger partial charge in [-0.3, -0.25) is 4.79 Å². The zero-order valence-corrected chi connectivity index (χ0v) is 16.0. The number of halogens is 1. The molecule has 1 N–H and O–H groups in total. The average Bonchev–Trinajstić information content (AvgIpc) is 2.68. The van der Waals surface area contributed by atoms with Gasteiger partial charge in [-0.15, -0.1) is 0 Å². The van der Waals surface area contributed by atoms with Crippen molar-refractivity contribution in [2.45, 2.75) is 20.3 Å². The topological polar surface area (TPSA) is 48.5 Å². The van der Waals surface area contributed by atoms with Gasteiger partial charge in [0, 0.05) is 50.2 Å². The van der Waals surface area contributed by atoms with Crippen molar-refractivity contribution >= 4 is 17.4 Å². The van der Waals surface area contributed by atoms with Crippen molar-refractivity contribution in [2.24, 2.45) is 5.92 Å². The highest BCUT2D eigenvalue weighted by molar-refractivity contribution is 5.94. The molecule has 0 bridgehead atoms. The maximum Gasteiger partial charge on any atom is 0.251 e. The van der Waals surface area contributed by atoms with E-state index in [0.29, 0.717) is 18.0 Å². The molecule has 0 radical (unpaired) electrons. The van der Waals surface area contributed by atoms with Gasteiger partial charge in [0.15, 0.2) is 0 Å². The van der Waals surface area contributed by atoms with Crippen LogP contribution in [0.15, 0.2) is 42.6 Å². The van der Waals surface area contributed by atoms with E-state index in [-0.39, 0.29) is 11.7 Å². The zero-order valence-electron chi connectivity index (χ0n) is 16.0. The van der Waals surface area contributed by atoms with Gasteiger partial charge in [0.05, 0.1) is 0 Å². The largest absolute Gasteiger partial charge is 0.368 e. The number of aromatic nitrogens is 1. The number of carbonyl (C=O) groups excluding carboxylic acids is 1. The Kier molecular flexibility index (Phi) is 6.27. The average molecular weight is 370 g/mol. The Morgan fingerprint density at radius 3 is 2.44 bits per heavy atom. The van der Waals surface area contributed by atoms with Crippen LogP contribution in [0.3, 0.4) is 0 Å².